The van der Waals surface area contributed by atoms with Crippen molar-refractivity contribution in [2.45, 2.75) is 46.0 Å². The number of nitrogens with zero attached hydrogens (tertiary/aromatic N) is 1. The van der Waals surface area contributed by atoms with Crippen LogP contribution in [0.2, 0.25) is 0 Å². The highest BCUT2D eigenvalue weighted by Crippen LogP contribution is 2.11. The summed E-state index contributed by atoms with van der Waals surface area (Å²) in [6, 6.07) is 7.63. The lowest BCUT2D eigenvalue weighted by Crippen LogP contribution is -2.16. The van der Waals surface area contributed by atoms with Crippen LogP contribution in [0, 0.1) is 0 Å². The van der Waals surface area contributed by atoms with Gasteiger partial charge in [-0.3, -0.25) is 4.79 Å². The van der Waals surface area contributed by atoms with Crippen LogP contribution < -0.4 is 10.2 Å². The van der Waals surface area contributed by atoms with E-state index in [1.54, 1.807) is 6.21 Å². The van der Waals surface area contributed by atoms with E-state index in [2.05, 4.69) is 24.4 Å². The Bertz CT molecular complexity index is 413. The maximum absolute atomic E-state index is 11.4. The number of benzene rings is 1. The molecule has 4 heteroatoms. The first-order valence-electron chi connectivity index (χ1n) is 7.31. The van der Waals surface area contributed by atoms with E-state index in [1.807, 2.05) is 24.3 Å². The molecule has 0 aliphatic carbocycles. The van der Waals surface area contributed by atoms with E-state index >= 15 is 0 Å². The number of unbranched alkanes of at least 4 members (excludes halogenated alkanes) is 2. The second-order valence-electron chi connectivity index (χ2n) is 4.67. The van der Waals surface area contributed by atoms with Crippen LogP contribution in [0.5, 0.6) is 5.75 Å². The van der Waals surface area contributed by atoms with E-state index in [0.29, 0.717) is 6.42 Å². The van der Waals surface area contributed by atoms with Crippen molar-refractivity contribution in [1.29, 1.82) is 0 Å². The fourth-order valence-corrected chi connectivity index (χ4v) is 1.64. The van der Waals surface area contributed by atoms with E-state index in [9.17, 15) is 4.79 Å². The molecule has 0 saturated carbocycles. The number of ether oxygens (including phenoxy) is 1. The largest absolute Gasteiger partial charge is 0.494 e. The van der Waals surface area contributed by atoms with Crippen molar-refractivity contribution in [3.8, 4) is 5.75 Å². The first-order chi connectivity index (χ1) is 9.76. The summed E-state index contributed by atoms with van der Waals surface area (Å²) in [5.41, 5.74) is 3.47. The van der Waals surface area contributed by atoms with E-state index in [-0.39, 0.29) is 5.91 Å². The zero-order valence-corrected chi connectivity index (χ0v) is 12.4. The molecule has 0 saturated heterocycles. The number of hydrogen-bond donors (Lipinski definition) is 1. The highest BCUT2D eigenvalue weighted by Gasteiger charge is 1.98. The second-order valence-corrected chi connectivity index (χ2v) is 4.67. The van der Waals surface area contributed by atoms with E-state index in [4.69, 9.17) is 4.74 Å². The monoisotopic (exact) mass is 276 g/mol. The summed E-state index contributed by atoms with van der Waals surface area (Å²) in [7, 11) is 0. The first kappa shape index (κ1) is 16.2. The van der Waals surface area contributed by atoms with Crippen molar-refractivity contribution in [2.75, 3.05) is 6.61 Å². The van der Waals surface area contributed by atoms with Gasteiger partial charge in [-0.05, 0) is 42.7 Å². The molecule has 0 aliphatic rings. The number of carbonyl (C=O) groups is 1. The third-order valence-corrected chi connectivity index (χ3v) is 2.76. The maximum atomic E-state index is 11.4. The fraction of sp³-hybridized carbons (Fsp3) is 0.500. The molecule has 1 aromatic rings. The Hall–Kier alpha value is -1.84. The predicted molar refractivity (Wildman–Crippen MR) is 82.1 cm³/mol. The Morgan fingerprint density at radius 2 is 1.95 bits per heavy atom. The van der Waals surface area contributed by atoms with Crippen molar-refractivity contribution < 1.29 is 9.53 Å². The van der Waals surface area contributed by atoms with Gasteiger partial charge in [-0.15, -0.1) is 0 Å². The Labute approximate surface area is 121 Å². The summed E-state index contributed by atoms with van der Waals surface area (Å²) in [4.78, 5) is 11.4. The van der Waals surface area contributed by atoms with Crippen LogP contribution in [0.4, 0.5) is 0 Å². The molecule has 0 heterocycles. The molecule has 20 heavy (non-hydrogen) atoms. The van der Waals surface area contributed by atoms with Crippen LogP contribution in [-0.2, 0) is 4.79 Å². The Morgan fingerprint density at radius 3 is 2.60 bits per heavy atom. The molecular weight excluding hydrogens is 252 g/mol. The van der Waals surface area contributed by atoms with Gasteiger partial charge < -0.3 is 4.74 Å². The maximum Gasteiger partial charge on any atom is 0.240 e. The van der Waals surface area contributed by atoms with Gasteiger partial charge in [-0.1, -0.05) is 26.7 Å². The van der Waals surface area contributed by atoms with Crippen molar-refractivity contribution in [3.05, 3.63) is 29.8 Å². The molecule has 0 unspecified atom stereocenters. The van der Waals surface area contributed by atoms with Gasteiger partial charge in [0.1, 0.15) is 5.75 Å². The Kier molecular flexibility index (Phi) is 8.11. The molecule has 0 bridgehead atoms. The van der Waals surface area contributed by atoms with Crippen LogP contribution in [-0.4, -0.2) is 18.7 Å². The van der Waals surface area contributed by atoms with E-state index < -0.39 is 0 Å². The topological polar surface area (TPSA) is 50.7 Å². The molecule has 0 radical (unpaired) electrons. The summed E-state index contributed by atoms with van der Waals surface area (Å²) < 4.78 is 5.49. The number of nitrogens with one attached hydrogen (secondary N) is 1. The molecule has 0 fully saturated rings. The summed E-state index contributed by atoms with van der Waals surface area (Å²) in [6.45, 7) is 4.91. The lowest BCUT2D eigenvalue weighted by atomic mass is 10.2. The molecule has 1 aromatic carbocycles. The standard InChI is InChI=1S/C16H24N2O2/c1-3-5-6-7-16(19)18-17-13-14-8-10-15(11-9-14)20-12-4-2/h8-11,13H,3-7,12H2,1-2H3,(H,18,19)/b17-13+. The van der Waals surface area contributed by atoms with Crippen LogP contribution in [0.25, 0.3) is 0 Å². The predicted octanol–water partition coefficient (Wildman–Crippen LogP) is 3.51. The van der Waals surface area contributed by atoms with Gasteiger partial charge in [0, 0.05) is 6.42 Å². The average molecular weight is 276 g/mol. The minimum atomic E-state index is -0.0300. The molecule has 0 aromatic heterocycles. The third-order valence-electron chi connectivity index (χ3n) is 2.76. The number of hydrogen-bond acceptors (Lipinski definition) is 3. The quantitative estimate of drug-likeness (QED) is 0.426. The lowest BCUT2D eigenvalue weighted by Gasteiger charge is -2.03. The van der Waals surface area contributed by atoms with Crippen LogP contribution in [0.15, 0.2) is 29.4 Å². The number of carbonyl (C=O) groups excluding carboxylic acids is 1. The molecule has 4 nitrogen and oxygen atoms in total. The summed E-state index contributed by atoms with van der Waals surface area (Å²) in [5, 5.41) is 3.95. The number of rotatable bonds is 9. The van der Waals surface area contributed by atoms with Crippen LogP contribution >= 0.6 is 0 Å². The van der Waals surface area contributed by atoms with Gasteiger partial charge >= 0.3 is 0 Å². The molecule has 0 atom stereocenters. The zero-order valence-electron chi connectivity index (χ0n) is 12.4. The van der Waals surface area contributed by atoms with Gasteiger partial charge in [0.15, 0.2) is 0 Å². The SMILES string of the molecule is CCCCCC(=O)N/N=C/c1ccc(OCCC)cc1. The molecule has 0 spiro atoms. The van der Waals surface area contributed by atoms with Gasteiger partial charge in [-0.2, -0.15) is 5.10 Å². The molecule has 1 N–H and O–H groups in total. The zero-order chi connectivity index (χ0) is 14.6. The first-order valence-corrected chi connectivity index (χ1v) is 7.31. The minimum absolute atomic E-state index is 0.0300. The van der Waals surface area contributed by atoms with Crippen molar-refractivity contribution in [1.82, 2.24) is 5.43 Å². The smallest absolute Gasteiger partial charge is 0.240 e. The number of hydrazone groups is 1. The van der Waals surface area contributed by atoms with Gasteiger partial charge in [0.05, 0.1) is 12.8 Å². The summed E-state index contributed by atoms with van der Waals surface area (Å²) in [5.74, 6) is 0.824. The molecule has 1 rings (SSSR count). The minimum Gasteiger partial charge on any atom is -0.494 e. The highest BCUT2D eigenvalue weighted by atomic mass is 16.5. The fourth-order valence-electron chi connectivity index (χ4n) is 1.64. The highest BCUT2D eigenvalue weighted by molar-refractivity contribution is 5.82. The van der Waals surface area contributed by atoms with Crippen molar-refractivity contribution in [2.24, 2.45) is 5.10 Å². The normalized spacial score (nSPS) is 10.7. The number of amides is 1. The molecular formula is C16H24N2O2. The summed E-state index contributed by atoms with van der Waals surface area (Å²) in [6.07, 6.45) is 6.28. The second kappa shape index (κ2) is 10.0. The van der Waals surface area contributed by atoms with Crippen molar-refractivity contribution in [3.63, 3.8) is 0 Å². The van der Waals surface area contributed by atoms with Crippen LogP contribution in [0.3, 0.4) is 0 Å². The van der Waals surface area contributed by atoms with Crippen LogP contribution in [0.1, 0.15) is 51.5 Å². The average Bonchev–Trinajstić information content (AvgIpc) is 2.47. The van der Waals surface area contributed by atoms with E-state index in [0.717, 1.165) is 43.6 Å². The lowest BCUT2D eigenvalue weighted by molar-refractivity contribution is -0.121. The van der Waals surface area contributed by atoms with E-state index in [1.165, 1.54) is 0 Å². The molecule has 0 aliphatic heterocycles. The van der Waals surface area contributed by atoms with Gasteiger partial charge in [0.25, 0.3) is 0 Å². The van der Waals surface area contributed by atoms with Crippen molar-refractivity contribution >= 4 is 12.1 Å². The van der Waals surface area contributed by atoms with Gasteiger partial charge in [-0.25, -0.2) is 5.43 Å². The Balaban J connectivity index is 2.32. The third kappa shape index (κ3) is 6.92. The Morgan fingerprint density at radius 1 is 1.20 bits per heavy atom. The molecule has 1 amide bonds. The molecule has 110 valence electrons. The van der Waals surface area contributed by atoms with Gasteiger partial charge in [0.2, 0.25) is 5.91 Å². The summed E-state index contributed by atoms with van der Waals surface area (Å²) >= 11 is 0.